The Labute approximate surface area is 217 Å². The highest BCUT2D eigenvalue weighted by Crippen LogP contribution is 2.31. The van der Waals surface area contributed by atoms with Crippen molar-refractivity contribution in [1.29, 1.82) is 0 Å². The number of aryl methyl sites for hydroxylation is 1. The minimum Gasteiger partial charge on any atom is -0.463 e. The number of ether oxygens (including phenoxy) is 1. The largest absolute Gasteiger partial charge is 0.463 e. The molecule has 1 amide bonds. The number of carbonyl (C=O) groups is 1. The Bertz CT molecular complexity index is 1750. The fourth-order valence-corrected chi connectivity index (χ4v) is 4.47. The summed E-state index contributed by atoms with van der Waals surface area (Å²) in [6.07, 6.45) is 1.36. The van der Waals surface area contributed by atoms with E-state index in [1.54, 1.807) is 12.1 Å². The minimum atomic E-state index is -0.572. The van der Waals surface area contributed by atoms with Gasteiger partial charge in [0.1, 0.15) is 29.0 Å². The maximum absolute atomic E-state index is 13.5. The zero-order chi connectivity index (χ0) is 26.1. The highest BCUT2D eigenvalue weighted by atomic mass is 16.6. The number of benzene rings is 4. The fraction of sp³-hybridized carbons (Fsp3) is 0.0645. The number of fused-ring (bicyclic) bond motifs is 2. The number of H-pyrrole nitrogens is 1. The molecule has 0 bridgehead atoms. The molecule has 186 valence electrons. The second kappa shape index (κ2) is 9.71. The summed E-state index contributed by atoms with van der Waals surface area (Å²) in [4.78, 5) is 36.2. The van der Waals surface area contributed by atoms with Crippen LogP contribution in [0.3, 0.4) is 0 Å². The molecule has 0 saturated carbocycles. The summed E-state index contributed by atoms with van der Waals surface area (Å²) in [5.74, 6) is 0.776. The zero-order valence-electron chi connectivity index (χ0n) is 20.5. The summed E-state index contributed by atoms with van der Waals surface area (Å²) in [5, 5.41) is 0.391. The summed E-state index contributed by atoms with van der Waals surface area (Å²) >= 11 is 0. The molecular weight excluding hydrogens is 478 g/mol. The van der Waals surface area contributed by atoms with Crippen molar-refractivity contribution in [3.8, 4) is 17.1 Å². The van der Waals surface area contributed by atoms with Crippen molar-refractivity contribution >= 4 is 39.5 Å². The Morgan fingerprint density at radius 2 is 1.58 bits per heavy atom. The number of nitrogens with one attached hydrogen (secondary N) is 1. The predicted octanol–water partition coefficient (Wildman–Crippen LogP) is 7.24. The van der Waals surface area contributed by atoms with Gasteiger partial charge in [-0.1, -0.05) is 55.5 Å². The van der Waals surface area contributed by atoms with Gasteiger partial charge in [-0.05, 0) is 54.4 Å². The number of nitrogens with zero attached hydrogens (tertiary/aromatic N) is 2. The van der Waals surface area contributed by atoms with E-state index in [-0.39, 0.29) is 5.43 Å². The van der Waals surface area contributed by atoms with Crippen LogP contribution in [0.2, 0.25) is 0 Å². The molecule has 38 heavy (non-hydrogen) atoms. The van der Waals surface area contributed by atoms with Gasteiger partial charge in [0.25, 0.3) is 0 Å². The van der Waals surface area contributed by atoms with Crippen molar-refractivity contribution in [1.82, 2.24) is 9.97 Å². The topological polar surface area (TPSA) is 88.4 Å². The van der Waals surface area contributed by atoms with Crippen molar-refractivity contribution in [2.75, 3.05) is 4.90 Å². The lowest BCUT2D eigenvalue weighted by molar-refractivity contribution is 0.210. The first kappa shape index (κ1) is 23.2. The molecule has 7 nitrogen and oxygen atoms in total. The van der Waals surface area contributed by atoms with Crippen molar-refractivity contribution < 1.29 is 13.9 Å². The molecule has 0 aliphatic heterocycles. The third kappa shape index (κ3) is 4.20. The molecule has 0 saturated heterocycles. The summed E-state index contributed by atoms with van der Waals surface area (Å²) in [6, 6.07) is 29.5. The summed E-state index contributed by atoms with van der Waals surface area (Å²) in [6.45, 7) is 1.94. The van der Waals surface area contributed by atoms with Crippen LogP contribution in [-0.2, 0) is 6.42 Å². The number of aromatic amines is 1. The van der Waals surface area contributed by atoms with Gasteiger partial charge in [0.05, 0.1) is 27.8 Å². The van der Waals surface area contributed by atoms with Crippen molar-refractivity contribution in [2.24, 2.45) is 0 Å². The SMILES string of the molecule is CCc1cc2c(=O)c(-c3nc4ccccc4[nH]3)coc2cc1OC(=O)N(c1ccccc1)c1ccccc1. The van der Waals surface area contributed by atoms with Gasteiger partial charge in [0.15, 0.2) is 0 Å². The van der Waals surface area contributed by atoms with E-state index in [4.69, 9.17) is 9.15 Å². The second-order valence-electron chi connectivity index (χ2n) is 8.77. The van der Waals surface area contributed by atoms with Crippen LogP contribution in [0.4, 0.5) is 16.2 Å². The maximum Gasteiger partial charge on any atom is 0.424 e. The smallest absolute Gasteiger partial charge is 0.424 e. The zero-order valence-corrected chi connectivity index (χ0v) is 20.5. The number of hydrogen-bond donors (Lipinski definition) is 1. The number of carbonyl (C=O) groups excluding carboxylic acids is 1. The molecule has 7 heteroatoms. The lowest BCUT2D eigenvalue weighted by atomic mass is 10.1. The second-order valence-corrected chi connectivity index (χ2v) is 8.77. The number of para-hydroxylation sites is 4. The normalized spacial score (nSPS) is 11.1. The van der Waals surface area contributed by atoms with E-state index in [1.807, 2.05) is 91.9 Å². The molecule has 0 unspecified atom stereocenters. The molecule has 4 aromatic carbocycles. The Balaban J connectivity index is 1.39. The first-order valence-electron chi connectivity index (χ1n) is 12.3. The third-order valence-corrected chi connectivity index (χ3v) is 6.39. The average Bonchev–Trinajstić information content (AvgIpc) is 3.38. The van der Waals surface area contributed by atoms with Gasteiger partial charge >= 0.3 is 6.09 Å². The highest BCUT2D eigenvalue weighted by molar-refractivity contribution is 5.97. The first-order valence-corrected chi connectivity index (χ1v) is 12.3. The molecule has 0 aliphatic carbocycles. The van der Waals surface area contributed by atoms with E-state index in [0.717, 1.165) is 11.0 Å². The van der Waals surface area contributed by atoms with Gasteiger partial charge in [0.2, 0.25) is 5.43 Å². The Morgan fingerprint density at radius 3 is 2.24 bits per heavy atom. The molecule has 0 aliphatic rings. The van der Waals surface area contributed by atoms with Crippen LogP contribution in [0.25, 0.3) is 33.4 Å². The van der Waals surface area contributed by atoms with Gasteiger partial charge in [-0.25, -0.2) is 14.7 Å². The van der Waals surface area contributed by atoms with Crippen LogP contribution in [-0.4, -0.2) is 16.1 Å². The lowest BCUT2D eigenvalue weighted by Gasteiger charge is -2.23. The summed E-state index contributed by atoms with van der Waals surface area (Å²) < 4.78 is 11.8. The van der Waals surface area contributed by atoms with Gasteiger partial charge < -0.3 is 14.1 Å². The molecule has 1 N–H and O–H groups in total. The number of anilines is 2. The van der Waals surface area contributed by atoms with Gasteiger partial charge in [-0.3, -0.25) is 4.79 Å². The van der Waals surface area contributed by atoms with E-state index in [0.29, 0.717) is 51.5 Å². The van der Waals surface area contributed by atoms with Crippen molar-refractivity contribution in [3.63, 3.8) is 0 Å². The number of hydrogen-bond acceptors (Lipinski definition) is 5. The van der Waals surface area contributed by atoms with Crippen LogP contribution in [0.15, 0.2) is 113 Å². The van der Waals surface area contributed by atoms with Gasteiger partial charge in [0, 0.05) is 6.07 Å². The number of imidazole rings is 1. The maximum atomic E-state index is 13.5. The van der Waals surface area contributed by atoms with Crippen LogP contribution in [0.5, 0.6) is 5.75 Å². The fourth-order valence-electron chi connectivity index (χ4n) is 4.47. The minimum absolute atomic E-state index is 0.215. The monoisotopic (exact) mass is 501 g/mol. The van der Waals surface area contributed by atoms with E-state index < -0.39 is 6.09 Å². The summed E-state index contributed by atoms with van der Waals surface area (Å²) in [5.41, 5.74) is 4.09. The quantitative estimate of drug-likeness (QED) is 0.269. The lowest BCUT2D eigenvalue weighted by Crippen LogP contribution is -2.29. The molecular formula is C31H23N3O4. The Morgan fingerprint density at radius 1 is 0.921 bits per heavy atom. The third-order valence-electron chi connectivity index (χ3n) is 6.39. The number of aromatic nitrogens is 2. The van der Waals surface area contributed by atoms with E-state index in [2.05, 4.69) is 9.97 Å². The molecule has 0 radical (unpaired) electrons. The van der Waals surface area contributed by atoms with Crippen molar-refractivity contribution in [3.05, 3.63) is 119 Å². The van der Waals surface area contributed by atoms with Crippen LogP contribution < -0.4 is 15.1 Å². The first-order chi connectivity index (χ1) is 18.6. The predicted molar refractivity (Wildman–Crippen MR) is 148 cm³/mol. The molecule has 0 spiro atoms. The molecule has 0 fully saturated rings. The molecule has 2 aromatic heterocycles. The van der Waals surface area contributed by atoms with Crippen LogP contribution in [0.1, 0.15) is 12.5 Å². The molecule has 6 aromatic rings. The van der Waals surface area contributed by atoms with E-state index >= 15 is 0 Å². The molecule has 0 atom stereocenters. The Kier molecular flexibility index (Phi) is 5.94. The van der Waals surface area contributed by atoms with Gasteiger partial charge in [-0.2, -0.15) is 0 Å². The van der Waals surface area contributed by atoms with Crippen LogP contribution >= 0.6 is 0 Å². The molecule has 2 heterocycles. The van der Waals surface area contributed by atoms with Crippen LogP contribution in [0, 0.1) is 0 Å². The highest BCUT2D eigenvalue weighted by Gasteiger charge is 2.22. The number of amides is 1. The average molecular weight is 502 g/mol. The molecule has 6 rings (SSSR count). The summed E-state index contributed by atoms with van der Waals surface area (Å²) in [7, 11) is 0. The Hall–Kier alpha value is -5.17. The van der Waals surface area contributed by atoms with E-state index in [9.17, 15) is 9.59 Å². The van der Waals surface area contributed by atoms with Crippen molar-refractivity contribution in [2.45, 2.75) is 13.3 Å². The number of rotatable bonds is 5. The van der Waals surface area contributed by atoms with Gasteiger partial charge in [-0.15, -0.1) is 0 Å². The standard InChI is InChI=1S/C31H23N3O4/c1-2-20-17-23-28(37-19-24(29(23)35)30-32-25-15-9-10-16-26(25)33-30)18-27(20)38-31(36)34(21-11-5-3-6-12-21)22-13-7-4-8-14-22/h3-19H,2H2,1H3,(H,32,33). The van der Waals surface area contributed by atoms with E-state index in [1.165, 1.54) is 11.2 Å².